The summed E-state index contributed by atoms with van der Waals surface area (Å²) < 4.78 is 11.1. The standard InChI is InChI=1S/C15H25N3O2/c1-5-18(6-2)15(16)17-11-12(3)20-14-10-8-7-9-13(14)19-4/h7-10,12H,5-6,11H2,1-4H3,(H2,16,17). The zero-order chi connectivity index (χ0) is 15.0. The number of guanidine groups is 1. The van der Waals surface area contributed by atoms with E-state index in [9.17, 15) is 0 Å². The lowest BCUT2D eigenvalue weighted by molar-refractivity contribution is 0.219. The molecule has 0 heterocycles. The third-order valence-electron chi connectivity index (χ3n) is 3.00. The molecule has 1 aromatic rings. The predicted octanol–water partition coefficient (Wildman–Crippen LogP) is 2.12. The summed E-state index contributed by atoms with van der Waals surface area (Å²) in [5.74, 6) is 2.00. The molecular formula is C15H25N3O2. The molecule has 1 atom stereocenters. The lowest BCUT2D eigenvalue weighted by Gasteiger charge is -2.20. The number of rotatable bonds is 7. The third-order valence-corrected chi connectivity index (χ3v) is 3.00. The van der Waals surface area contributed by atoms with E-state index < -0.39 is 0 Å². The van der Waals surface area contributed by atoms with Crippen molar-refractivity contribution in [1.82, 2.24) is 4.90 Å². The van der Waals surface area contributed by atoms with E-state index in [4.69, 9.17) is 15.2 Å². The van der Waals surface area contributed by atoms with E-state index in [1.54, 1.807) is 7.11 Å². The van der Waals surface area contributed by atoms with Gasteiger partial charge in [0.25, 0.3) is 0 Å². The molecule has 0 fully saturated rings. The molecule has 0 aliphatic rings. The van der Waals surface area contributed by atoms with Crippen molar-refractivity contribution in [1.29, 1.82) is 0 Å². The first kappa shape index (κ1) is 16.1. The van der Waals surface area contributed by atoms with Gasteiger partial charge in [0.15, 0.2) is 17.5 Å². The zero-order valence-electron chi connectivity index (χ0n) is 12.8. The summed E-state index contributed by atoms with van der Waals surface area (Å²) in [7, 11) is 1.63. The maximum absolute atomic E-state index is 5.93. The molecule has 1 unspecified atom stereocenters. The first-order valence-corrected chi connectivity index (χ1v) is 6.96. The van der Waals surface area contributed by atoms with Gasteiger partial charge in [-0.1, -0.05) is 12.1 Å². The number of methoxy groups -OCH3 is 1. The molecule has 0 aliphatic carbocycles. The van der Waals surface area contributed by atoms with Crippen LogP contribution in [-0.2, 0) is 0 Å². The Labute approximate surface area is 121 Å². The Hall–Kier alpha value is -1.91. The van der Waals surface area contributed by atoms with Crippen LogP contribution in [-0.4, -0.2) is 43.7 Å². The summed E-state index contributed by atoms with van der Waals surface area (Å²) >= 11 is 0. The van der Waals surface area contributed by atoms with Crippen LogP contribution in [0.15, 0.2) is 29.3 Å². The van der Waals surface area contributed by atoms with Crippen molar-refractivity contribution < 1.29 is 9.47 Å². The molecule has 0 saturated heterocycles. The summed E-state index contributed by atoms with van der Waals surface area (Å²) in [5, 5.41) is 0. The number of aliphatic imine (C=N–C) groups is 1. The van der Waals surface area contributed by atoms with Gasteiger partial charge in [0.05, 0.1) is 13.7 Å². The Morgan fingerprint density at radius 3 is 2.40 bits per heavy atom. The van der Waals surface area contributed by atoms with Crippen LogP contribution in [0.2, 0.25) is 0 Å². The molecule has 112 valence electrons. The van der Waals surface area contributed by atoms with Crippen molar-refractivity contribution in [3.05, 3.63) is 24.3 Å². The van der Waals surface area contributed by atoms with Gasteiger partial charge in [-0.25, -0.2) is 4.99 Å². The Kier molecular flexibility index (Phi) is 6.70. The van der Waals surface area contributed by atoms with Crippen LogP contribution in [0.4, 0.5) is 0 Å². The number of para-hydroxylation sites is 2. The largest absolute Gasteiger partial charge is 0.493 e. The molecule has 20 heavy (non-hydrogen) atoms. The van der Waals surface area contributed by atoms with Gasteiger partial charge < -0.3 is 20.1 Å². The lowest BCUT2D eigenvalue weighted by atomic mass is 10.3. The molecule has 0 amide bonds. The minimum absolute atomic E-state index is 0.0691. The van der Waals surface area contributed by atoms with E-state index in [0.29, 0.717) is 12.5 Å². The number of hydrogen-bond acceptors (Lipinski definition) is 3. The van der Waals surface area contributed by atoms with Gasteiger partial charge in [0, 0.05) is 13.1 Å². The molecule has 5 heteroatoms. The molecule has 0 saturated carbocycles. The van der Waals surface area contributed by atoms with Crippen LogP contribution in [0, 0.1) is 0 Å². The average molecular weight is 279 g/mol. The van der Waals surface area contributed by atoms with Gasteiger partial charge in [-0.15, -0.1) is 0 Å². The fraction of sp³-hybridized carbons (Fsp3) is 0.533. The van der Waals surface area contributed by atoms with Gasteiger partial charge in [0.2, 0.25) is 0 Å². The Morgan fingerprint density at radius 2 is 1.85 bits per heavy atom. The number of nitrogens with two attached hydrogens (primary N) is 1. The maximum Gasteiger partial charge on any atom is 0.191 e. The van der Waals surface area contributed by atoms with Crippen LogP contribution in [0.1, 0.15) is 20.8 Å². The van der Waals surface area contributed by atoms with Crippen LogP contribution in [0.25, 0.3) is 0 Å². The van der Waals surface area contributed by atoms with E-state index in [1.165, 1.54) is 0 Å². The van der Waals surface area contributed by atoms with Gasteiger partial charge in [-0.3, -0.25) is 0 Å². The summed E-state index contributed by atoms with van der Waals surface area (Å²) in [4.78, 5) is 6.38. The highest BCUT2D eigenvalue weighted by atomic mass is 16.5. The first-order valence-electron chi connectivity index (χ1n) is 6.96. The van der Waals surface area contributed by atoms with Crippen LogP contribution < -0.4 is 15.2 Å². The fourth-order valence-electron chi connectivity index (χ4n) is 1.84. The van der Waals surface area contributed by atoms with Crippen LogP contribution in [0.3, 0.4) is 0 Å². The minimum Gasteiger partial charge on any atom is -0.493 e. The van der Waals surface area contributed by atoms with E-state index in [-0.39, 0.29) is 6.10 Å². The summed E-state index contributed by atoms with van der Waals surface area (Å²) in [6.07, 6.45) is -0.0691. The minimum atomic E-state index is -0.0691. The Bertz CT molecular complexity index is 431. The first-order chi connectivity index (χ1) is 9.62. The second-order valence-electron chi connectivity index (χ2n) is 4.45. The fourth-order valence-corrected chi connectivity index (χ4v) is 1.84. The van der Waals surface area contributed by atoms with Gasteiger partial charge >= 0.3 is 0 Å². The number of nitrogens with zero attached hydrogens (tertiary/aromatic N) is 2. The van der Waals surface area contributed by atoms with Crippen molar-refractivity contribution in [2.75, 3.05) is 26.7 Å². The van der Waals surface area contributed by atoms with E-state index in [1.807, 2.05) is 36.1 Å². The molecule has 0 spiro atoms. The summed E-state index contributed by atoms with van der Waals surface area (Å²) in [5.41, 5.74) is 5.93. The van der Waals surface area contributed by atoms with Crippen LogP contribution in [0.5, 0.6) is 11.5 Å². The highest BCUT2D eigenvalue weighted by Crippen LogP contribution is 2.26. The second-order valence-corrected chi connectivity index (χ2v) is 4.45. The molecule has 0 aliphatic heterocycles. The molecule has 1 rings (SSSR count). The smallest absolute Gasteiger partial charge is 0.191 e. The Morgan fingerprint density at radius 1 is 1.25 bits per heavy atom. The molecule has 0 radical (unpaired) electrons. The molecule has 1 aromatic carbocycles. The monoisotopic (exact) mass is 279 g/mol. The van der Waals surface area contributed by atoms with E-state index in [0.717, 1.165) is 24.6 Å². The van der Waals surface area contributed by atoms with Crippen molar-refractivity contribution in [3.63, 3.8) is 0 Å². The number of hydrogen-bond donors (Lipinski definition) is 1. The van der Waals surface area contributed by atoms with Gasteiger partial charge in [-0.2, -0.15) is 0 Å². The van der Waals surface area contributed by atoms with Gasteiger partial charge in [-0.05, 0) is 32.9 Å². The van der Waals surface area contributed by atoms with Crippen molar-refractivity contribution in [2.45, 2.75) is 26.9 Å². The van der Waals surface area contributed by atoms with Gasteiger partial charge in [0.1, 0.15) is 6.10 Å². The highest BCUT2D eigenvalue weighted by molar-refractivity contribution is 5.78. The van der Waals surface area contributed by atoms with Crippen LogP contribution >= 0.6 is 0 Å². The quantitative estimate of drug-likeness (QED) is 0.613. The Balaban J connectivity index is 2.59. The molecule has 2 N–H and O–H groups in total. The molecular weight excluding hydrogens is 254 g/mol. The van der Waals surface area contributed by atoms with Crippen molar-refractivity contribution in [2.24, 2.45) is 10.7 Å². The SMILES string of the molecule is CCN(CC)C(N)=NCC(C)Oc1ccccc1OC. The van der Waals surface area contributed by atoms with Crippen molar-refractivity contribution in [3.8, 4) is 11.5 Å². The third kappa shape index (κ3) is 4.64. The summed E-state index contributed by atoms with van der Waals surface area (Å²) in [6, 6.07) is 7.58. The topological polar surface area (TPSA) is 60.1 Å². The number of benzene rings is 1. The van der Waals surface area contributed by atoms with E-state index in [2.05, 4.69) is 18.8 Å². The normalized spacial score (nSPS) is 12.9. The molecule has 0 aromatic heterocycles. The molecule has 0 bridgehead atoms. The summed E-state index contributed by atoms with van der Waals surface area (Å²) in [6.45, 7) is 8.30. The van der Waals surface area contributed by atoms with E-state index >= 15 is 0 Å². The average Bonchev–Trinajstić information content (AvgIpc) is 2.47. The predicted molar refractivity (Wildman–Crippen MR) is 82.5 cm³/mol. The van der Waals surface area contributed by atoms with Crippen molar-refractivity contribution >= 4 is 5.96 Å². The maximum atomic E-state index is 5.93. The lowest BCUT2D eigenvalue weighted by Crippen LogP contribution is -2.37. The highest BCUT2D eigenvalue weighted by Gasteiger charge is 2.09. The molecule has 5 nitrogen and oxygen atoms in total. The zero-order valence-corrected chi connectivity index (χ0v) is 12.8. The number of ether oxygens (including phenoxy) is 2. The second kappa shape index (κ2) is 8.30.